The van der Waals surface area contributed by atoms with Gasteiger partial charge in [-0.3, -0.25) is 9.59 Å². The van der Waals surface area contributed by atoms with E-state index in [2.05, 4.69) is 4.98 Å². The van der Waals surface area contributed by atoms with Crippen molar-refractivity contribution in [2.45, 2.75) is 13.8 Å². The molecule has 6 nitrogen and oxygen atoms in total. The van der Waals surface area contributed by atoms with Crippen LogP contribution in [0.4, 0.5) is 0 Å². The third-order valence-corrected chi connectivity index (χ3v) is 5.45. The van der Waals surface area contributed by atoms with E-state index in [0.29, 0.717) is 29.3 Å². The topological polar surface area (TPSA) is 83.6 Å². The van der Waals surface area contributed by atoms with Crippen LogP contribution in [0.5, 0.6) is 0 Å². The van der Waals surface area contributed by atoms with Gasteiger partial charge in [0.15, 0.2) is 5.76 Å². The molecule has 2 atom stereocenters. The Kier molecular flexibility index (Phi) is 4.92. The fourth-order valence-corrected chi connectivity index (χ4v) is 3.73. The average Bonchev–Trinajstić information content (AvgIpc) is 3.35. The maximum Gasteiger partial charge on any atom is 0.308 e. The second-order valence-electron chi connectivity index (χ2n) is 7.57. The lowest BCUT2D eigenvalue weighted by Crippen LogP contribution is -2.30. The highest BCUT2D eigenvalue weighted by molar-refractivity contribution is 6.00. The number of aromatic nitrogens is 1. The molecule has 0 spiro atoms. The molecule has 3 aromatic rings. The van der Waals surface area contributed by atoms with Crippen molar-refractivity contribution in [1.29, 1.82) is 0 Å². The van der Waals surface area contributed by atoms with Gasteiger partial charge >= 0.3 is 5.97 Å². The van der Waals surface area contributed by atoms with Gasteiger partial charge in [-0.2, -0.15) is 0 Å². The molecule has 0 unspecified atom stereocenters. The molecule has 0 bridgehead atoms. The maximum absolute atomic E-state index is 13.1. The van der Waals surface area contributed by atoms with Gasteiger partial charge in [-0.05, 0) is 25.0 Å². The first-order chi connectivity index (χ1) is 13.9. The van der Waals surface area contributed by atoms with Crippen LogP contribution in [-0.4, -0.2) is 40.0 Å². The Labute approximate surface area is 168 Å². The van der Waals surface area contributed by atoms with Crippen LogP contribution in [0, 0.1) is 18.8 Å². The number of carboxylic acid groups (broad SMARTS) is 1. The van der Waals surface area contributed by atoms with Crippen LogP contribution >= 0.6 is 0 Å². The monoisotopic (exact) mass is 390 g/mol. The smallest absolute Gasteiger partial charge is 0.308 e. The fraction of sp³-hybridized carbons (Fsp3) is 0.261. The predicted octanol–water partition coefficient (Wildman–Crippen LogP) is 4.11. The summed E-state index contributed by atoms with van der Waals surface area (Å²) < 4.78 is 5.95. The van der Waals surface area contributed by atoms with Gasteiger partial charge in [0.2, 0.25) is 5.89 Å². The molecule has 1 saturated heterocycles. The Morgan fingerprint density at radius 3 is 2.52 bits per heavy atom. The highest BCUT2D eigenvalue weighted by Crippen LogP contribution is 2.31. The highest BCUT2D eigenvalue weighted by atomic mass is 16.4. The van der Waals surface area contributed by atoms with Gasteiger partial charge in [0, 0.05) is 24.2 Å². The van der Waals surface area contributed by atoms with Crippen molar-refractivity contribution in [3.05, 3.63) is 65.9 Å². The summed E-state index contributed by atoms with van der Waals surface area (Å²) in [6.45, 7) is 4.51. The summed E-state index contributed by atoms with van der Waals surface area (Å²) in [5.74, 6) is -0.697. The number of amides is 1. The number of nitrogens with zero attached hydrogens (tertiary/aromatic N) is 2. The molecule has 1 aliphatic rings. The summed E-state index contributed by atoms with van der Waals surface area (Å²) in [6, 6.07) is 15.1. The van der Waals surface area contributed by atoms with Gasteiger partial charge in [-0.1, -0.05) is 48.9 Å². The molecule has 0 radical (unpaired) electrons. The predicted molar refractivity (Wildman–Crippen MR) is 108 cm³/mol. The summed E-state index contributed by atoms with van der Waals surface area (Å²) in [4.78, 5) is 30.5. The van der Waals surface area contributed by atoms with Crippen molar-refractivity contribution in [2.24, 2.45) is 11.8 Å². The molecule has 0 saturated carbocycles. The van der Waals surface area contributed by atoms with Crippen LogP contribution < -0.4 is 0 Å². The Morgan fingerprint density at radius 2 is 1.83 bits per heavy atom. The number of aliphatic carboxylic acids is 1. The van der Waals surface area contributed by atoms with Crippen LogP contribution in [0.15, 0.2) is 59.1 Å². The molecule has 2 aromatic carbocycles. The number of benzene rings is 2. The maximum atomic E-state index is 13.1. The Hall–Kier alpha value is -3.41. The van der Waals surface area contributed by atoms with E-state index in [0.717, 1.165) is 11.1 Å². The van der Waals surface area contributed by atoms with Gasteiger partial charge in [-0.25, -0.2) is 4.98 Å². The fourth-order valence-electron chi connectivity index (χ4n) is 3.73. The normalized spacial score (nSPS) is 18.8. The zero-order chi connectivity index (χ0) is 20.5. The lowest BCUT2D eigenvalue weighted by Gasteiger charge is -2.17. The van der Waals surface area contributed by atoms with Gasteiger partial charge in [0.05, 0.1) is 17.7 Å². The standard InChI is InChI=1S/C23H22N2O4/c1-14-7-9-16(10-8-14)20-11-24-21(29-20)17-5-3-4-6-18(17)22(26)25-12-15(2)19(13-25)23(27)28/h3-11,15,19H,12-13H2,1-2H3,(H,27,28)/t15-,19-/m1/s1. The van der Waals surface area contributed by atoms with E-state index in [1.54, 1.807) is 29.3 Å². The van der Waals surface area contributed by atoms with Crippen LogP contribution in [0.1, 0.15) is 22.8 Å². The SMILES string of the molecule is Cc1ccc(-c2cnc(-c3ccccc3C(=O)N3C[C@@H](C)[C@H](C(=O)O)C3)o2)cc1. The number of aryl methyl sites for hydroxylation is 1. The van der Waals surface area contributed by atoms with Crippen molar-refractivity contribution >= 4 is 11.9 Å². The number of hydrogen-bond donors (Lipinski definition) is 1. The van der Waals surface area contributed by atoms with E-state index in [1.807, 2.05) is 44.2 Å². The van der Waals surface area contributed by atoms with E-state index in [9.17, 15) is 14.7 Å². The van der Waals surface area contributed by atoms with E-state index in [1.165, 1.54) is 0 Å². The second kappa shape index (κ2) is 7.54. The first kappa shape index (κ1) is 18.9. The van der Waals surface area contributed by atoms with Crippen molar-refractivity contribution < 1.29 is 19.1 Å². The number of hydrogen-bond acceptors (Lipinski definition) is 4. The minimum Gasteiger partial charge on any atom is -0.481 e. The third kappa shape index (κ3) is 3.66. The van der Waals surface area contributed by atoms with Gasteiger partial charge in [-0.15, -0.1) is 0 Å². The van der Waals surface area contributed by atoms with E-state index < -0.39 is 11.9 Å². The van der Waals surface area contributed by atoms with Crippen molar-refractivity contribution in [3.63, 3.8) is 0 Å². The van der Waals surface area contributed by atoms with E-state index in [4.69, 9.17) is 4.42 Å². The first-order valence-electron chi connectivity index (χ1n) is 9.58. The lowest BCUT2D eigenvalue weighted by molar-refractivity contribution is -0.142. The molecule has 148 valence electrons. The van der Waals surface area contributed by atoms with Crippen molar-refractivity contribution in [3.8, 4) is 22.8 Å². The lowest BCUT2D eigenvalue weighted by atomic mass is 9.99. The van der Waals surface area contributed by atoms with Crippen LogP contribution in [0.25, 0.3) is 22.8 Å². The molecule has 2 heterocycles. The van der Waals surface area contributed by atoms with Gasteiger partial charge < -0.3 is 14.4 Å². The first-order valence-corrected chi connectivity index (χ1v) is 9.58. The van der Waals surface area contributed by atoms with Gasteiger partial charge in [0.25, 0.3) is 5.91 Å². The van der Waals surface area contributed by atoms with Crippen LogP contribution in [-0.2, 0) is 4.79 Å². The van der Waals surface area contributed by atoms with Crippen LogP contribution in [0.2, 0.25) is 0 Å². The molecule has 1 amide bonds. The number of oxazole rings is 1. The number of rotatable bonds is 4. The minimum absolute atomic E-state index is 0.0847. The van der Waals surface area contributed by atoms with Crippen molar-refractivity contribution in [2.75, 3.05) is 13.1 Å². The minimum atomic E-state index is -0.864. The summed E-state index contributed by atoms with van der Waals surface area (Å²) >= 11 is 0. The summed E-state index contributed by atoms with van der Waals surface area (Å²) in [5, 5.41) is 9.35. The van der Waals surface area contributed by atoms with Gasteiger partial charge in [0.1, 0.15) is 0 Å². The van der Waals surface area contributed by atoms with E-state index in [-0.39, 0.29) is 18.4 Å². The number of carboxylic acids is 1. The molecule has 1 N–H and O–H groups in total. The number of carbonyl (C=O) groups is 2. The number of carbonyl (C=O) groups excluding carboxylic acids is 1. The molecule has 1 aromatic heterocycles. The summed E-state index contributed by atoms with van der Waals surface area (Å²) in [6.07, 6.45) is 1.65. The second-order valence-corrected chi connectivity index (χ2v) is 7.57. The molecule has 1 aliphatic heterocycles. The molecule has 6 heteroatoms. The molecule has 4 rings (SSSR count). The average molecular weight is 390 g/mol. The zero-order valence-corrected chi connectivity index (χ0v) is 16.3. The number of likely N-dealkylation sites (tertiary alicyclic amines) is 1. The molecule has 29 heavy (non-hydrogen) atoms. The summed E-state index contributed by atoms with van der Waals surface area (Å²) in [5.41, 5.74) is 3.13. The van der Waals surface area contributed by atoms with Crippen LogP contribution in [0.3, 0.4) is 0 Å². The third-order valence-electron chi connectivity index (χ3n) is 5.45. The van der Waals surface area contributed by atoms with Crippen molar-refractivity contribution in [1.82, 2.24) is 9.88 Å². The Bertz CT molecular complexity index is 1050. The summed E-state index contributed by atoms with van der Waals surface area (Å²) in [7, 11) is 0. The molecule has 0 aliphatic carbocycles. The molecule has 1 fully saturated rings. The zero-order valence-electron chi connectivity index (χ0n) is 16.3. The van der Waals surface area contributed by atoms with E-state index >= 15 is 0 Å². The highest BCUT2D eigenvalue weighted by Gasteiger charge is 2.37. The Balaban J connectivity index is 1.63. The Morgan fingerprint density at radius 1 is 1.10 bits per heavy atom. The quantitative estimate of drug-likeness (QED) is 0.725. The molecular formula is C23H22N2O4. The largest absolute Gasteiger partial charge is 0.481 e. The molecular weight excluding hydrogens is 368 g/mol.